The molecule has 1 aliphatic rings. The highest BCUT2D eigenvalue weighted by atomic mass is 16.5. The van der Waals surface area contributed by atoms with Gasteiger partial charge in [0.2, 0.25) is 0 Å². The van der Waals surface area contributed by atoms with Crippen molar-refractivity contribution >= 4 is 0 Å². The Bertz CT molecular complexity index is 1010. The molecule has 0 bridgehead atoms. The summed E-state index contributed by atoms with van der Waals surface area (Å²) in [6.45, 7) is 2.88. The van der Waals surface area contributed by atoms with E-state index in [1.165, 1.54) is 0 Å². The summed E-state index contributed by atoms with van der Waals surface area (Å²) in [6, 6.07) is 14.1. The second-order valence-electron chi connectivity index (χ2n) is 7.15. The minimum atomic E-state index is 0.591. The molecule has 0 spiro atoms. The van der Waals surface area contributed by atoms with E-state index in [4.69, 9.17) is 18.9 Å². The maximum absolute atomic E-state index is 6.09. The first-order chi connectivity index (χ1) is 14.7. The molecule has 2 heterocycles. The standard InChI is InChI=1S/C24H26N2O4/c1-27-21-7-6-18(22(13-21)28-2)15-26-9-10-30-24-20(16-26)11-19(12-23(24)29-3)17-5-4-8-25-14-17/h4-8,11-14H,9-10,15-16H2,1-3H3. The fraction of sp³-hybridized carbons (Fsp3) is 0.292. The Morgan fingerprint density at radius 1 is 0.967 bits per heavy atom. The van der Waals surface area contributed by atoms with Crippen molar-refractivity contribution in [3.05, 3.63) is 66.0 Å². The molecule has 0 radical (unpaired) electrons. The third kappa shape index (κ3) is 4.19. The molecule has 0 fully saturated rings. The Balaban J connectivity index is 1.64. The molecule has 0 unspecified atom stereocenters. The van der Waals surface area contributed by atoms with Crippen molar-refractivity contribution in [3.8, 4) is 34.1 Å². The third-order valence-electron chi connectivity index (χ3n) is 5.28. The number of benzene rings is 2. The van der Waals surface area contributed by atoms with Gasteiger partial charge in [-0.2, -0.15) is 0 Å². The SMILES string of the molecule is COc1ccc(CN2CCOc3c(cc(-c4cccnc4)cc3OC)C2)c(OC)c1. The number of nitrogens with zero attached hydrogens (tertiary/aromatic N) is 2. The smallest absolute Gasteiger partial charge is 0.165 e. The van der Waals surface area contributed by atoms with Crippen molar-refractivity contribution in [1.82, 2.24) is 9.88 Å². The third-order valence-corrected chi connectivity index (χ3v) is 5.28. The normalized spacial score (nSPS) is 13.7. The van der Waals surface area contributed by atoms with Crippen LogP contribution in [0.3, 0.4) is 0 Å². The van der Waals surface area contributed by atoms with Gasteiger partial charge in [-0.1, -0.05) is 12.1 Å². The van der Waals surface area contributed by atoms with Gasteiger partial charge in [-0.05, 0) is 29.8 Å². The lowest BCUT2D eigenvalue weighted by molar-refractivity contribution is 0.214. The van der Waals surface area contributed by atoms with Gasteiger partial charge >= 0.3 is 0 Å². The van der Waals surface area contributed by atoms with Gasteiger partial charge in [0.1, 0.15) is 18.1 Å². The number of hydrogen-bond acceptors (Lipinski definition) is 6. The van der Waals surface area contributed by atoms with E-state index in [0.717, 1.165) is 64.9 Å². The summed E-state index contributed by atoms with van der Waals surface area (Å²) in [5, 5.41) is 0. The first-order valence-electron chi connectivity index (χ1n) is 9.89. The van der Waals surface area contributed by atoms with E-state index < -0.39 is 0 Å². The molecule has 30 heavy (non-hydrogen) atoms. The van der Waals surface area contributed by atoms with Gasteiger partial charge in [0.25, 0.3) is 0 Å². The van der Waals surface area contributed by atoms with Crippen LogP contribution in [0.25, 0.3) is 11.1 Å². The predicted octanol–water partition coefficient (Wildman–Crippen LogP) is 4.17. The molecule has 156 valence electrons. The van der Waals surface area contributed by atoms with Crippen LogP contribution in [-0.4, -0.2) is 44.4 Å². The molecule has 0 amide bonds. The first kappa shape index (κ1) is 20.0. The lowest BCUT2D eigenvalue weighted by Crippen LogP contribution is -2.25. The molecule has 4 rings (SSSR count). The molecule has 0 aliphatic carbocycles. The molecule has 1 aromatic heterocycles. The highest BCUT2D eigenvalue weighted by Gasteiger charge is 2.21. The summed E-state index contributed by atoms with van der Waals surface area (Å²) in [4.78, 5) is 6.59. The van der Waals surface area contributed by atoms with Crippen LogP contribution in [0, 0.1) is 0 Å². The molecular weight excluding hydrogens is 380 g/mol. The van der Waals surface area contributed by atoms with Crippen LogP contribution in [-0.2, 0) is 13.1 Å². The van der Waals surface area contributed by atoms with E-state index in [1.807, 2.05) is 36.5 Å². The number of fused-ring (bicyclic) bond motifs is 1. The van der Waals surface area contributed by atoms with E-state index in [9.17, 15) is 0 Å². The fourth-order valence-corrected chi connectivity index (χ4v) is 3.75. The Morgan fingerprint density at radius 2 is 1.83 bits per heavy atom. The second-order valence-corrected chi connectivity index (χ2v) is 7.15. The Morgan fingerprint density at radius 3 is 2.57 bits per heavy atom. The minimum absolute atomic E-state index is 0.591. The number of hydrogen-bond donors (Lipinski definition) is 0. The van der Waals surface area contributed by atoms with E-state index in [1.54, 1.807) is 27.5 Å². The van der Waals surface area contributed by atoms with Crippen LogP contribution in [0.1, 0.15) is 11.1 Å². The molecule has 1 aliphatic heterocycles. The lowest BCUT2D eigenvalue weighted by atomic mass is 10.0. The van der Waals surface area contributed by atoms with E-state index in [-0.39, 0.29) is 0 Å². The van der Waals surface area contributed by atoms with Crippen LogP contribution >= 0.6 is 0 Å². The van der Waals surface area contributed by atoms with Crippen molar-refractivity contribution in [2.75, 3.05) is 34.5 Å². The van der Waals surface area contributed by atoms with Crippen molar-refractivity contribution in [2.24, 2.45) is 0 Å². The molecule has 3 aromatic rings. The summed E-state index contributed by atoms with van der Waals surface area (Å²) < 4.78 is 22.6. The van der Waals surface area contributed by atoms with Crippen LogP contribution in [0.15, 0.2) is 54.9 Å². The zero-order valence-corrected chi connectivity index (χ0v) is 17.6. The Labute approximate surface area is 177 Å². The molecule has 6 nitrogen and oxygen atoms in total. The second kappa shape index (κ2) is 9.05. The molecule has 0 N–H and O–H groups in total. The topological polar surface area (TPSA) is 53.1 Å². The number of aromatic nitrogens is 1. The first-order valence-corrected chi connectivity index (χ1v) is 9.89. The summed E-state index contributed by atoms with van der Waals surface area (Å²) in [7, 11) is 5.02. The van der Waals surface area contributed by atoms with Crippen LogP contribution < -0.4 is 18.9 Å². The summed E-state index contributed by atoms with van der Waals surface area (Å²) >= 11 is 0. The van der Waals surface area contributed by atoms with Gasteiger partial charge < -0.3 is 18.9 Å². The van der Waals surface area contributed by atoms with E-state index in [2.05, 4.69) is 22.0 Å². The number of pyridine rings is 1. The Kier molecular flexibility index (Phi) is 6.05. The molecule has 0 saturated carbocycles. The van der Waals surface area contributed by atoms with E-state index in [0.29, 0.717) is 6.61 Å². The van der Waals surface area contributed by atoms with Gasteiger partial charge in [-0.25, -0.2) is 0 Å². The number of methoxy groups -OCH3 is 3. The van der Waals surface area contributed by atoms with Crippen LogP contribution in [0.4, 0.5) is 0 Å². The lowest BCUT2D eigenvalue weighted by Gasteiger charge is -2.21. The predicted molar refractivity (Wildman–Crippen MR) is 115 cm³/mol. The average molecular weight is 406 g/mol. The van der Waals surface area contributed by atoms with Crippen molar-refractivity contribution in [3.63, 3.8) is 0 Å². The monoisotopic (exact) mass is 406 g/mol. The van der Waals surface area contributed by atoms with Gasteiger partial charge in [0.15, 0.2) is 11.5 Å². The zero-order chi connectivity index (χ0) is 20.9. The van der Waals surface area contributed by atoms with Gasteiger partial charge in [0.05, 0.1) is 21.3 Å². The molecule has 0 atom stereocenters. The minimum Gasteiger partial charge on any atom is -0.497 e. The van der Waals surface area contributed by atoms with E-state index >= 15 is 0 Å². The number of ether oxygens (including phenoxy) is 4. The molecule has 0 saturated heterocycles. The highest BCUT2D eigenvalue weighted by Crippen LogP contribution is 2.38. The fourth-order valence-electron chi connectivity index (χ4n) is 3.75. The van der Waals surface area contributed by atoms with Gasteiger partial charge in [-0.15, -0.1) is 0 Å². The van der Waals surface area contributed by atoms with Gasteiger partial charge in [-0.3, -0.25) is 9.88 Å². The van der Waals surface area contributed by atoms with Crippen molar-refractivity contribution in [2.45, 2.75) is 13.1 Å². The quantitative estimate of drug-likeness (QED) is 0.613. The molecular formula is C24H26N2O4. The summed E-state index contributed by atoms with van der Waals surface area (Å²) in [5.41, 5.74) is 4.31. The average Bonchev–Trinajstić information content (AvgIpc) is 3.01. The highest BCUT2D eigenvalue weighted by molar-refractivity contribution is 5.68. The number of rotatable bonds is 6. The Hall–Kier alpha value is -3.25. The summed E-state index contributed by atoms with van der Waals surface area (Å²) in [5.74, 6) is 3.16. The molecule has 6 heteroatoms. The van der Waals surface area contributed by atoms with Gasteiger partial charge in [0, 0.05) is 54.8 Å². The zero-order valence-electron chi connectivity index (χ0n) is 17.6. The maximum atomic E-state index is 6.09. The summed E-state index contributed by atoms with van der Waals surface area (Å²) in [6.07, 6.45) is 3.63. The molecule has 2 aromatic carbocycles. The van der Waals surface area contributed by atoms with Crippen molar-refractivity contribution < 1.29 is 18.9 Å². The van der Waals surface area contributed by atoms with Crippen LogP contribution in [0.5, 0.6) is 23.0 Å². The van der Waals surface area contributed by atoms with Crippen LogP contribution in [0.2, 0.25) is 0 Å². The largest absolute Gasteiger partial charge is 0.497 e. The maximum Gasteiger partial charge on any atom is 0.165 e. The van der Waals surface area contributed by atoms with Crippen molar-refractivity contribution in [1.29, 1.82) is 0 Å².